The van der Waals surface area contributed by atoms with Crippen molar-refractivity contribution in [1.82, 2.24) is 9.97 Å². The van der Waals surface area contributed by atoms with E-state index in [4.69, 9.17) is 4.74 Å². The van der Waals surface area contributed by atoms with Gasteiger partial charge in [-0.25, -0.2) is 9.97 Å². The number of hydrogen-bond acceptors (Lipinski definition) is 5. The molecule has 0 unspecified atom stereocenters. The SMILES string of the molecule is CCCN(CCC)c1cc(NCc2ccccc2OC)ncn1. The molecule has 124 valence electrons. The van der Waals surface area contributed by atoms with Crippen LogP contribution in [-0.4, -0.2) is 30.2 Å². The van der Waals surface area contributed by atoms with Crippen LogP contribution in [0.15, 0.2) is 36.7 Å². The molecule has 0 amide bonds. The van der Waals surface area contributed by atoms with Crippen LogP contribution in [-0.2, 0) is 6.54 Å². The quantitative estimate of drug-likeness (QED) is 0.764. The zero-order valence-corrected chi connectivity index (χ0v) is 14.2. The second-order valence-corrected chi connectivity index (χ2v) is 5.41. The number of nitrogens with one attached hydrogen (secondary N) is 1. The van der Waals surface area contributed by atoms with Crippen LogP contribution in [0.25, 0.3) is 0 Å². The Morgan fingerprint density at radius 2 is 1.83 bits per heavy atom. The van der Waals surface area contributed by atoms with Gasteiger partial charge in [0.15, 0.2) is 0 Å². The molecule has 5 nitrogen and oxygen atoms in total. The lowest BCUT2D eigenvalue weighted by atomic mass is 10.2. The molecule has 5 heteroatoms. The molecule has 1 N–H and O–H groups in total. The fourth-order valence-electron chi connectivity index (χ4n) is 2.53. The van der Waals surface area contributed by atoms with Crippen LogP contribution in [0.5, 0.6) is 5.75 Å². The first-order chi connectivity index (χ1) is 11.3. The molecule has 0 saturated heterocycles. The van der Waals surface area contributed by atoms with Crippen molar-refractivity contribution >= 4 is 11.6 Å². The summed E-state index contributed by atoms with van der Waals surface area (Å²) in [6.07, 6.45) is 3.83. The van der Waals surface area contributed by atoms with Gasteiger partial charge in [-0.1, -0.05) is 32.0 Å². The Morgan fingerprint density at radius 1 is 1.09 bits per heavy atom. The second kappa shape index (κ2) is 8.98. The monoisotopic (exact) mass is 314 g/mol. The number of nitrogens with zero attached hydrogens (tertiary/aromatic N) is 3. The summed E-state index contributed by atoms with van der Waals surface area (Å²) in [4.78, 5) is 11.0. The molecule has 1 aromatic carbocycles. The van der Waals surface area contributed by atoms with Gasteiger partial charge in [0.05, 0.1) is 7.11 Å². The summed E-state index contributed by atoms with van der Waals surface area (Å²) in [5.41, 5.74) is 1.11. The number of ether oxygens (including phenoxy) is 1. The zero-order chi connectivity index (χ0) is 16.5. The molecule has 1 aromatic heterocycles. The lowest BCUT2D eigenvalue weighted by Crippen LogP contribution is -2.26. The summed E-state index contributed by atoms with van der Waals surface area (Å²) in [6, 6.07) is 10.0. The molecule has 23 heavy (non-hydrogen) atoms. The summed E-state index contributed by atoms with van der Waals surface area (Å²) >= 11 is 0. The molecule has 0 saturated carbocycles. The van der Waals surface area contributed by atoms with E-state index in [1.165, 1.54) is 0 Å². The minimum Gasteiger partial charge on any atom is -0.496 e. The van der Waals surface area contributed by atoms with E-state index in [0.29, 0.717) is 6.54 Å². The van der Waals surface area contributed by atoms with E-state index >= 15 is 0 Å². The summed E-state index contributed by atoms with van der Waals surface area (Å²) in [5, 5.41) is 3.36. The maximum Gasteiger partial charge on any atom is 0.134 e. The van der Waals surface area contributed by atoms with Crippen LogP contribution in [0.3, 0.4) is 0 Å². The number of rotatable bonds is 9. The van der Waals surface area contributed by atoms with Gasteiger partial charge in [0, 0.05) is 31.3 Å². The molecule has 2 aromatic rings. The zero-order valence-electron chi connectivity index (χ0n) is 14.2. The molecule has 0 aliphatic carbocycles. The Bertz CT molecular complexity index is 597. The Morgan fingerprint density at radius 3 is 2.52 bits per heavy atom. The summed E-state index contributed by atoms with van der Waals surface area (Å²) in [6.45, 7) is 7.06. The highest BCUT2D eigenvalue weighted by Crippen LogP contribution is 2.20. The van der Waals surface area contributed by atoms with Gasteiger partial charge < -0.3 is 15.0 Å². The van der Waals surface area contributed by atoms with Crippen molar-refractivity contribution in [2.24, 2.45) is 0 Å². The van der Waals surface area contributed by atoms with Crippen molar-refractivity contribution in [3.63, 3.8) is 0 Å². The first-order valence-corrected chi connectivity index (χ1v) is 8.21. The first-order valence-electron chi connectivity index (χ1n) is 8.21. The van der Waals surface area contributed by atoms with Crippen LogP contribution < -0.4 is 15.0 Å². The highest BCUT2D eigenvalue weighted by atomic mass is 16.5. The summed E-state index contributed by atoms with van der Waals surface area (Å²) in [5.74, 6) is 2.69. The molecule has 0 radical (unpaired) electrons. The number of anilines is 2. The van der Waals surface area contributed by atoms with Gasteiger partial charge in [0.2, 0.25) is 0 Å². The Labute approximate surface area is 138 Å². The first kappa shape index (κ1) is 17.1. The summed E-state index contributed by atoms with van der Waals surface area (Å²) < 4.78 is 5.38. The molecule has 2 rings (SSSR count). The molecule has 0 spiro atoms. The maximum atomic E-state index is 5.38. The summed E-state index contributed by atoms with van der Waals surface area (Å²) in [7, 11) is 1.69. The normalized spacial score (nSPS) is 10.4. The van der Waals surface area contributed by atoms with E-state index in [2.05, 4.69) is 40.1 Å². The Kier molecular flexibility index (Phi) is 6.66. The van der Waals surface area contributed by atoms with Gasteiger partial charge in [-0.3, -0.25) is 0 Å². The molecule has 0 atom stereocenters. The van der Waals surface area contributed by atoms with E-state index in [0.717, 1.165) is 48.9 Å². The Balaban J connectivity index is 2.07. The lowest BCUT2D eigenvalue weighted by Gasteiger charge is -2.22. The molecule has 1 heterocycles. The smallest absolute Gasteiger partial charge is 0.134 e. The molecule has 0 aliphatic rings. The van der Waals surface area contributed by atoms with E-state index < -0.39 is 0 Å². The molecule has 0 bridgehead atoms. The standard InChI is InChI=1S/C18H26N4O/c1-4-10-22(11-5-2)18-12-17(20-14-21-18)19-13-15-8-6-7-9-16(15)23-3/h6-9,12,14H,4-5,10-11,13H2,1-3H3,(H,19,20,21). The third kappa shape index (κ3) is 4.84. The number of benzene rings is 1. The number of para-hydroxylation sites is 1. The van der Waals surface area contributed by atoms with Gasteiger partial charge >= 0.3 is 0 Å². The van der Waals surface area contributed by atoms with Crippen LogP contribution in [0.1, 0.15) is 32.3 Å². The van der Waals surface area contributed by atoms with Gasteiger partial charge in [-0.15, -0.1) is 0 Å². The van der Waals surface area contributed by atoms with Crippen molar-refractivity contribution in [2.45, 2.75) is 33.2 Å². The topological polar surface area (TPSA) is 50.3 Å². The predicted octanol–water partition coefficient (Wildman–Crippen LogP) is 3.72. The van der Waals surface area contributed by atoms with Gasteiger partial charge in [0.1, 0.15) is 23.7 Å². The molecular weight excluding hydrogens is 288 g/mol. The average molecular weight is 314 g/mol. The highest BCUT2D eigenvalue weighted by molar-refractivity contribution is 5.49. The fraction of sp³-hybridized carbons (Fsp3) is 0.444. The number of aromatic nitrogens is 2. The van der Waals surface area contributed by atoms with Crippen molar-refractivity contribution < 1.29 is 4.74 Å². The van der Waals surface area contributed by atoms with Crippen LogP contribution in [0.4, 0.5) is 11.6 Å². The molecule has 0 aliphatic heterocycles. The van der Waals surface area contributed by atoms with Crippen molar-refractivity contribution in [3.05, 3.63) is 42.2 Å². The minimum absolute atomic E-state index is 0.669. The molecule has 0 fully saturated rings. The van der Waals surface area contributed by atoms with E-state index in [1.54, 1.807) is 13.4 Å². The number of methoxy groups -OCH3 is 1. The highest BCUT2D eigenvalue weighted by Gasteiger charge is 2.08. The van der Waals surface area contributed by atoms with Crippen LogP contribution in [0, 0.1) is 0 Å². The number of hydrogen-bond donors (Lipinski definition) is 1. The van der Waals surface area contributed by atoms with Crippen molar-refractivity contribution in [3.8, 4) is 5.75 Å². The fourth-order valence-corrected chi connectivity index (χ4v) is 2.53. The van der Waals surface area contributed by atoms with Gasteiger partial charge in [-0.2, -0.15) is 0 Å². The van der Waals surface area contributed by atoms with Crippen molar-refractivity contribution in [1.29, 1.82) is 0 Å². The third-order valence-corrected chi connectivity index (χ3v) is 3.62. The third-order valence-electron chi connectivity index (χ3n) is 3.62. The molecular formula is C18H26N4O. The van der Waals surface area contributed by atoms with E-state index in [9.17, 15) is 0 Å². The van der Waals surface area contributed by atoms with E-state index in [-0.39, 0.29) is 0 Å². The second-order valence-electron chi connectivity index (χ2n) is 5.41. The van der Waals surface area contributed by atoms with Crippen LogP contribution >= 0.6 is 0 Å². The van der Waals surface area contributed by atoms with Gasteiger partial charge in [0.25, 0.3) is 0 Å². The van der Waals surface area contributed by atoms with Crippen LogP contribution in [0.2, 0.25) is 0 Å². The lowest BCUT2D eigenvalue weighted by molar-refractivity contribution is 0.410. The minimum atomic E-state index is 0.669. The average Bonchev–Trinajstić information content (AvgIpc) is 2.60. The van der Waals surface area contributed by atoms with Crippen molar-refractivity contribution in [2.75, 3.05) is 30.4 Å². The predicted molar refractivity (Wildman–Crippen MR) is 95.1 cm³/mol. The largest absolute Gasteiger partial charge is 0.496 e. The van der Waals surface area contributed by atoms with E-state index in [1.807, 2.05) is 24.3 Å². The maximum absolute atomic E-state index is 5.38. The van der Waals surface area contributed by atoms with Gasteiger partial charge in [-0.05, 0) is 18.9 Å². The Hall–Kier alpha value is -2.30.